The second kappa shape index (κ2) is 5.31. The third-order valence-electron chi connectivity index (χ3n) is 3.05. The fourth-order valence-corrected chi connectivity index (χ4v) is 1.75. The summed E-state index contributed by atoms with van der Waals surface area (Å²) in [4.78, 5) is 11.8. The van der Waals surface area contributed by atoms with Gasteiger partial charge in [0, 0.05) is 24.6 Å². The lowest BCUT2D eigenvalue weighted by atomic mass is 10.1. The molecule has 17 heavy (non-hydrogen) atoms. The van der Waals surface area contributed by atoms with Crippen LogP contribution in [0.5, 0.6) is 0 Å². The molecule has 1 atom stereocenters. The van der Waals surface area contributed by atoms with Gasteiger partial charge in [-0.05, 0) is 25.7 Å². The van der Waals surface area contributed by atoms with Gasteiger partial charge in [-0.25, -0.2) is 0 Å². The quantitative estimate of drug-likeness (QED) is 0.786. The minimum atomic E-state index is -0.221. The number of amides is 1. The Bertz CT molecular complexity index is 385. The van der Waals surface area contributed by atoms with Crippen LogP contribution in [0.3, 0.4) is 0 Å². The van der Waals surface area contributed by atoms with Crippen LogP contribution in [0.2, 0.25) is 0 Å². The average Bonchev–Trinajstić information content (AvgIpc) is 3.06. The van der Waals surface area contributed by atoms with E-state index in [9.17, 15) is 4.79 Å². The number of nitrogens with one attached hydrogen (secondary N) is 1. The van der Waals surface area contributed by atoms with Crippen molar-refractivity contribution < 1.29 is 14.4 Å². The Labute approximate surface area is 100 Å². The molecule has 1 aromatic rings. The first-order chi connectivity index (χ1) is 8.24. The molecule has 1 aliphatic carbocycles. The second-order valence-corrected chi connectivity index (χ2v) is 4.48. The lowest BCUT2D eigenvalue weighted by molar-refractivity contribution is 0.0920. The number of carbonyl (C=O) groups is 1. The van der Waals surface area contributed by atoms with Gasteiger partial charge in [0.1, 0.15) is 5.76 Å². The lowest BCUT2D eigenvalue weighted by Crippen LogP contribution is -2.35. The molecule has 1 saturated carbocycles. The van der Waals surface area contributed by atoms with Crippen molar-refractivity contribution in [2.45, 2.75) is 44.6 Å². The summed E-state index contributed by atoms with van der Waals surface area (Å²) >= 11 is 0. The number of aromatic nitrogens is 1. The van der Waals surface area contributed by atoms with E-state index < -0.39 is 0 Å². The predicted octanol–water partition coefficient (Wildman–Crippen LogP) is 1.44. The van der Waals surface area contributed by atoms with Crippen LogP contribution in [-0.4, -0.2) is 28.8 Å². The normalized spacial score (nSPS) is 16.8. The summed E-state index contributed by atoms with van der Waals surface area (Å²) in [7, 11) is 0. The summed E-state index contributed by atoms with van der Waals surface area (Å²) in [6, 6.07) is 1.71. The van der Waals surface area contributed by atoms with E-state index in [1.54, 1.807) is 6.07 Å². The van der Waals surface area contributed by atoms with Gasteiger partial charge >= 0.3 is 0 Å². The summed E-state index contributed by atoms with van der Waals surface area (Å²) in [6.07, 6.45) is 3.60. The molecule has 0 radical (unpaired) electrons. The molecule has 1 aromatic heterocycles. The molecule has 0 aromatic carbocycles. The number of nitrogens with zero attached hydrogens (tertiary/aromatic N) is 1. The number of aliphatic hydroxyl groups is 1. The standard InChI is InChI=1S/C12H18N2O3/c1-2-9(5-6-15)13-12(16)10-7-11(17-14-10)8-3-4-8/h7-9,15H,2-6H2,1H3,(H,13,16). The molecule has 1 unspecified atom stereocenters. The molecule has 1 aliphatic rings. The largest absolute Gasteiger partial charge is 0.396 e. The minimum absolute atomic E-state index is 0.00595. The van der Waals surface area contributed by atoms with Crippen molar-refractivity contribution in [1.82, 2.24) is 10.5 Å². The van der Waals surface area contributed by atoms with E-state index in [1.165, 1.54) is 0 Å². The number of rotatable bonds is 6. The van der Waals surface area contributed by atoms with Crippen LogP contribution in [0.4, 0.5) is 0 Å². The zero-order valence-electron chi connectivity index (χ0n) is 9.98. The maximum Gasteiger partial charge on any atom is 0.273 e. The number of hydrogen-bond acceptors (Lipinski definition) is 4. The first kappa shape index (κ1) is 12.1. The van der Waals surface area contributed by atoms with Crippen LogP contribution in [0.15, 0.2) is 10.6 Å². The molecule has 0 spiro atoms. The Morgan fingerprint density at radius 1 is 1.71 bits per heavy atom. The van der Waals surface area contributed by atoms with Crippen molar-refractivity contribution in [3.8, 4) is 0 Å². The molecule has 0 saturated heterocycles. The van der Waals surface area contributed by atoms with E-state index in [0.717, 1.165) is 25.0 Å². The Kier molecular flexibility index (Phi) is 3.78. The Morgan fingerprint density at radius 2 is 2.47 bits per heavy atom. The van der Waals surface area contributed by atoms with E-state index in [4.69, 9.17) is 9.63 Å². The average molecular weight is 238 g/mol. The van der Waals surface area contributed by atoms with Crippen molar-refractivity contribution in [2.24, 2.45) is 0 Å². The first-order valence-electron chi connectivity index (χ1n) is 6.13. The van der Waals surface area contributed by atoms with Crippen molar-refractivity contribution >= 4 is 5.91 Å². The van der Waals surface area contributed by atoms with E-state index in [0.29, 0.717) is 18.0 Å². The topological polar surface area (TPSA) is 75.4 Å². The van der Waals surface area contributed by atoms with Crippen molar-refractivity contribution in [1.29, 1.82) is 0 Å². The monoisotopic (exact) mass is 238 g/mol. The van der Waals surface area contributed by atoms with Gasteiger partial charge in [0.15, 0.2) is 5.69 Å². The molecule has 0 bridgehead atoms. The highest BCUT2D eigenvalue weighted by molar-refractivity contribution is 5.92. The van der Waals surface area contributed by atoms with Crippen LogP contribution in [-0.2, 0) is 0 Å². The lowest BCUT2D eigenvalue weighted by Gasteiger charge is -2.14. The van der Waals surface area contributed by atoms with Crippen molar-refractivity contribution in [2.75, 3.05) is 6.61 Å². The molecular weight excluding hydrogens is 220 g/mol. The van der Waals surface area contributed by atoms with Gasteiger partial charge in [0.05, 0.1) is 0 Å². The number of aliphatic hydroxyl groups excluding tert-OH is 1. The zero-order chi connectivity index (χ0) is 12.3. The minimum Gasteiger partial charge on any atom is -0.396 e. The predicted molar refractivity (Wildman–Crippen MR) is 61.7 cm³/mol. The van der Waals surface area contributed by atoms with Crippen LogP contribution in [0, 0.1) is 0 Å². The first-order valence-corrected chi connectivity index (χ1v) is 6.13. The smallest absolute Gasteiger partial charge is 0.273 e. The zero-order valence-corrected chi connectivity index (χ0v) is 9.98. The second-order valence-electron chi connectivity index (χ2n) is 4.48. The summed E-state index contributed by atoms with van der Waals surface area (Å²) in [5.74, 6) is 1.05. The SMILES string of the molecule is CCC(CCO)NC(=O)c1cc(C2CC2)on1. The van der Waals surface area contributed by atoms with Crippen LogP contribution < -0.4 is 5.32 Å². The van der Waals surface area contributed by atoms with Crippen LogP contribution in [0.1, 0.15) is 54.8 Å². The van der Waals surface area contributed by atoms with Crippen molar-refractivity contribution in [3.63, 3.8) is 0 Å². The molecule has 1 heterocycles. The van der Waals surface area contributed by atoms with Gasteiger partial charge < -0.3 is 14.9 Å². The van der Waals surface area contributed by atoms with Gasteiger partial charge in [-0.1, -0.05) is 12.1 Å². The molecule has 94 valence electrons. The fourth-order valence-electron chi connectivity index (χ4n) is 1.75. The van der Waals surface area contributed by atoms with E-state index in [2.05, 4.69) is 10.5 Å². The van der Waals surface area contributed by atoms with Gasteiger partial charge in [0.25, 0.3) is 5.91 Å². The maximum atomic E-state index is 11.8. The van der Waals surface area contributed by atoms with E-state index in [-0.39, 0.29) is 18.6 Å². The maximum absolute atomic E-state index is 11.8. The highest BCUT2D eigenvalue weighted by Gasteiger charge is 2.29. The molecule has 5 heteroatoms. The van der Waals surface area contributed by atoms with Gasteiger partial charge in [-0.3, -0.25) is 4.79 Å². The highest BCUT2D eigenvalue weighted by Crippen LogP contribution is 2.40. The van der Waals surface area contributed by atoms with Gasteiger partial charge in [0.2, 0.25) is 0 Å². The molecule has 2 N–H and O–H groups in total. The molecule has 5 nitrogen and oxygen atoms in total. The summed E-state index contributed by atoms with van der Waals surface area (Å²) in [5.41, 5.74) is 0.336. The van der Waals surface area contributed by atoms with Crippen LogP contribution in [0.25, 0.3) is 0 Å². The summed E-state index contributed by atoms with van der Waals surface area (Å²) in [5, 5.41) is 15.5. The van der Waals surface area contributed by atoms with E-state index >= 15 is 0 Å². The molecular formula is C12H18N2O3. The van der Waals surface area contributed by atoms with E-state index in [1.807, 2.05) is 6.92 Å². The third kappa shape index (κ3) is 3.06. The molecule has 1 amide bonds. The Balaban J connectivity index is 1.93. The fraction of sp³-hybridized carbons (Fsp3) is 0.667. The number of carbonyl (C=O) groups excluding carboxylic acids is 1. The van der Waals surface area contributed by atoms with Crippen molar-refractivity contribution in [3.05, 3.63) is 17.5 Å². The molecule has 1 fully saturated rings. The summed E-state index contributed by atoms with van der Waals surface area (Å²) < 4.78 is 5.12. The van der Waals surface area contributed by atoms with Gasteiger partial charge in [-0.15, -0.1) is 0 Å². The Hall–Kier alpha value is -1.36. The molecule has 0 aliphatic heterocycles. The van der Waals surface area contributed by atoms with Crippen LogP contribution >= 0.6 is 0 Å². The Morgan fingerprint density at radius 3 is 3.06 bits per heavy atom. The molecule has 2 rings (SSSR count). The highest BCUT2D eigenvalue weighted by atomic mass is 16.5. The number of hydrogen-bond donors (Lipinski definition) is 2. The summed E-state index contributed by atoms with van der Waals surface area (Å²) in [6.45, 7) is 2.05. The van der Waals surface area contributed by atoms with Gasteiger partial charge in [-0.2, -0.15) is 0 Å². The third-order valence-corrected chi connectivity index (χ3v) is 3.05.